The molecule has 0 radical (unpaired) electrons. The largest absolute Gasteiger partial charge is 0.466 e. The Balaban J connectivity index is 1.92. The van der Waals surface area contributed by atoms with Crippen LogP contribution in [-0.2, 0) is 28.4 Å². The second kappa shape index (κ2) is 11.2. The van der Waals surface area contributed by atoms with Crippen LogP contribution in [0.5, 0.6) is 0 Å². The summed E-state index contributed by atoms with van der Waals surface area (Å²) in [6.45, 7) is 3.01. The van der Waals surface area contributed by atoms with Gasteiger partial charge in [-0.1, -0.05) is 6.07 Å². The Morgan fingerprint density at radius 2 is 1.63 bits per heavy atom. The third-order valence-electron chi connectivity index (χ3n) is 6.45. The van der Waals surface area contributed by atoms with E-state index in [1.54, 1.807) is 13.8 Å². The number of hydrogen-bond donors (Lipinski definition) is 0. The maximum Gasteiger partial charge on any atom is 0.416 e. The molecule has 0 aliphatic carbocycles. The number of carbonyl (C=O) groups is 2. The van der Waals surface area contributed by atoms with Gasteiger partial charge < -0.3 is 14.5 Å². The van der Waals surface area contributed by atoms with Crippen molar-refractivity contribution in [2.75, 3.05) is 20.2 Å². The number of urea groups is 1. The summed E-state index contributed by atoms with van der Waals surface area (Å²) in [7, 11) is 1.27. The van der Waals surface area contributed by atoms with Gasteiger partial charge in [0.2, 0.25) is 0 Å². The van der Waals surface area contributed by atoms with E-state index in [2.05, 4.69) is 0 Å². The van der Waals surface area contributed by atoms with Crippen molar-refractivity contribution in [1.29, 1.82) is 0 Å². The van der Waals surface area contributed by atoms with E-state index in [-0.39, 0.29) is 37.6 Å². The molecule has 12 heteroatoms. The van der Waals surface area contributed by atoms with Gasteiger partial charge in [0.25, 0.3) is 0 Å². The zero-order valence-corrected chi connectivity index (χ0v) is 20.9. The number of esters is 1. The van der Waals surface area contributed by atoms with Crippen molar-refractivity contribution in [1.82, 2.24) is 9.80 Å². The van der Waals surface area contributed by atoms with Gasteiger partial charge in [-0.25, -0.2) is 9.18 Å². The van der Waals surface area contributed by atoms with E-state index >= 15 is 0 Å². The fraction of sp³-hybridized carbons (Fsp3) is 0.462. The lowest BCUT2D eigenvalue weighted by Gasteiger charge is -2.41. The topological polar surface area (TPSA) is 49.9 Å². The summed E-state index contributed by atoms with van der Waals surface area (Å²) < 4.78 is 98.5. The Bertz CT molecular complexity index is 1150. The summed E-state index contributed by atoms with van der Waals surface area (Å²) >= 11 is 0. The van der Waals surface area contributed by atoms with Crippen LogP contribution in [0.4, 0.5) is 35.5 Å². The predicted octanol–water partition coefficient (Wildman–Crippen LogP) is 6.74. The van der Waals surface area contributed by atoms with Gasteiger partial charge in [0.1, 0.15) is 5.82 Å². The zero-order valence-electron chi connectivity index (χ0n) is 20.9. The first-order valence-electron chi connectivity index (χ1n) is 11.8. The summed E-state index contributed by atoms with van der Waals surface area (Å²) in [5.74, 6) is -1.48. The minimum Gasteiger partial charge on any atom is -0.466 e. The number of rotatable bonds is 5. The Morgan fingerprint density at radius 1 is 1.03 bits per heavy atom. The number of carbonyl (C=O) groups excluding carboxylic acids is 2. The minimum atomic E-state index is -5.02. The van der Waals surface area contributed by atoms with Gasteiger partial charge in [0, 0.05) is 20.1 Å². The number of halogens is 7. The van der Waals surface area contributed by atoms with Crippen LogP contribution < -0.4 is 0 Å². The van der Waals surface area contributed by atoms with Crippen LogP contribution in [0.3, 0.4) is 0 Å². The number of ether oxygens (including phenoxy) is 1. The summed E-state index contributed by atoms with van der Waals surface area (Å²) in [5.41, 5.74) is -2.20. The molecule has 3 rings (SSSR count). The van der Waals surface area contributed by atoms with Crippen molar-refractivity contribution in [3.8, 4) is 0 Å². The molecule has 1 aliphatic heterocycles. The van der Waals surface area contributed by atoms with Crippen molar-refractivity contribution in [3.05, 3.63) is 70.0 Å². The average molecular weight is 548 g/mol. The minimum absolute atomic E-state index is 0.0266. The van der Waals surface area contributed by atoms with E-state index in [4.69, 9.17) is 4.74 Å². The van der Waals surface area contributed by atoms with Crippen LogP contribution in [0.15, 0.2) is 36.4 Å². The number of amides is 2. The van der Waals surface area contributed by atoms with Crippen LogP contribution in [0.25, 0.3) is 0 Å². The molecule has 2 aromatic rings. The zero-order chi connectivity index (χ0) is 28.4. The standard InChI is InChI=1S/C26H27F7N2O3/c1-4-38-23(36)17-7-8-35(22(12-17)21-6-5-20(27)9-15(21)2)24(37)34(3)14-16-10-18(25(28,29)30)13-19(11-16)26(31,32)33/h5-6,9-11,13,17,22H,4,7-8,12,14H2,1-3H3/t17-,22+/m1/s1. The molecule has 2 amide bonds. The third-order valence-corrected chi connectivity index (χ3v) is 6.45. The van der Waals surface area contributed by atoms with Gasteiger partial charge in [-0.15, -0.1) is 0 Å². The predicted molar refractivity (Wildman–Crippen MR) is 123 cm³/mol. The summed E-state index contributed by atoms with van der Waals surface area (Å²) in [6, 6.07) is 3.81. The Morgan fingerprint density at radius 3 is 2.16 bits per heavy atom. The van der Waals surface area contributed by atoms with Crippen LogP contribution in [-0.4, -0.2) is 42.0 Å². The molecule has 0 spiro atoms. The molecule has 0 unspecified atom stereocenters. The van der Waals surface area contributed by atoms with Crippen molar-refractivity contribution in [2.45, 2.75) is 51.6 Å². The second-order valence-electron chi connectivity index (χ2n) is 9.24. The smallest absolute Gasteiger partial charge is 0.416 e. The lowest BCUT2D eigenvalue weighted by atomic mass is 9.85. The fourth-order valence-corrected chi connectivity index (χ4v) is 4.65. The van der Waals surface area contributed by atoms with Crippen molar-refractivity contribution < 1.29 is 45.1 Å². The molecule has 1 fully saturated rings. The number of hydrogen-bond acceptors (Lipinski definition) is 3. The van der Waals surface area contributed by atoms with Crippen molar-refractivity contribution in [2.24, 2.45) is 5.92 Å². The van der Waals surface area contributed by atoms with Crippen molar-refractivity contribution in [3.63, 3.8) is 0 Å². The molecular weight excluding hydrogens is 521 g/mol. The first kappa shape index (κ1) is 29.2. The van der Waals surface area contributed by atoms with E-state index < -0.39 is 59.8 Å². The molecule has 1 heterocycles. The van der Waals surface area contributed by atoms with E-state index in [0.717, 1.165) is 4.90 Å². The Labute approximate surface area is 215 Å². The van der Waals surface area contributed by atoms with Gasteiger partial charge >= 0.3 is 24.4 Å². The van der Waals surface area contributed by atoms with Gasteiger partial charge in [0.15, 0.2) is 0 Å². The van der Waals surface area contributed by atoms with Crippen LogP contribution >= 0.6 is 0 Å². The highest BCUT2D eigenvalue weighted by atomic mass is 19.4. The lowest BCUT2D eigenvalue weighted by molar-refractivity contribution is -0.150. The van der Waals surface area contributed by atoms with Crippen LogP contribution in [0, 0.1) is 18.7 Å². The van der Waals surface area contributed by atoms with E-state index in [9.17, 15) is 40.3 Å². The Kier molecular flexibility index (Phi) is 8.62. The first-order valence-corrected chi connectivity index (χ1v) is 11.8. The van der Waals surface area contributed by atoms with Gasteiger partial charge in [-0.3, -0.25) is 4.79 Å². The highest BCUT2D eigenvalue weighted by Gasteiger charge is 2.39. The highest BCUT2D eigenvalue weighted by Crippen LogP contribution is 2.39. The highest BCUT2D eigenvalue weighted by molar-refractivity contribution is 5.77. The summed E-state index contributed by atoms with van der Waals surface area (Å²) in [5, 5.41) is 0. The molecule has 38 heavy (non-hydrogen) atoms. The van der Waals surface area contributed by atoms with Gasteiger partial charge in [-0.2, -0.15) is 26.3 Å². The molecule has 0 bridgehead atoms. The molecular formula is C26H27F7N2O3. The molecule has 0 saturated carbocycles. The maximum atomic E-state index is 13.8. The fourth-order valence-electron chi connectivity index (χ4n) is 4.65. The van der Waals surface area contributed by atoms with E-state index in [1.165, 1.54) is 30.1 Å². The third kappa shape index (κ3) is 6.76. The van der Waals surface area contributed by atoms with Crippen LogP contribution in [0.2, 0.25) is 0 Å². The lowest BCUT2D eigenvalue weighted by Crippen LogP contribution is -2.48. The number of likely N-dealkylation sites (tertiary alicyclic amines) is 1. The van der Waals surface area contributed by atoms with E-state index in [1.807, 2.05) is 0 Å². The number of benzene rings is 2. The SMILES string of the molecule is CCOC(=O)[C@@H]1CCN(C(=O)N(C)Cc2cc(C(F)(F)F)cc(C(F)(F)F)c2)[C@H](c2ccc(F)cc2C)C1. The number of piperidine rings is 1. The average Bonchev–Trinajstić information content (AvgIpc) is 2.82. The van der Waals surface area contributed by atoms with Crippen LogP contribution in [0.1, 0.15) is 53.6 Å². The maximum absolute atomic E-state index is 13.8. The second-order valence-corrected chi connectivity index (χ2v) is 9.24. The molecule has 208 valence electrons. The number of alkyl halides is 6. The monoisotopic (exact) mass is 548 g/mol. The molecule has 1 aliphatic rings. The molecule has 0 aromatic heterocycles. The number of nitrogens with zero attached hydrogens (tertiary/aromatic N) is 2. The van der Waals surface area contributed by atoms with Gasteiger partial charge in [0.05, 0.1) is 29.7 Å². The molecule has 2 aromatic carbocycles. The van der Waals surface area contributed by atoms with E-state index in [0.29, 0.717) is 23.3 Å². The molecule has 1 saturated heterocycles. The van der Waals surface area contributed by atoms with Crippen molar-refractivity contribution >= 4 is 12.0 Å². The first-order chi connectivity index (χ1) is 17.6. The van der Waals surface area contributed by atoms with Gasteiger partial charge in [-0.05, 0) is 73.7 Å². The summed E-state index contributed by atoms with van der Waals surface area (Å²) in [4.78, 5) is 28.3. The molecule has 5 nitrogen and oxygen atoms in total. The molecule has 0 N–H and O–H groups in total. The molecule has 2 atom stereocenters. The quantitative estimate of drug-likeness (QED) is 0.307. The Hall–Kier alpha value is -3.31. The number of aryl methyl sites for hydroxylation is 1. The normalized spacial score (nSPS) is 18.3. The summed E-state index contributed by atoms with van der Waals surface area (Å²) in [6.07, 6.45) is -9.62.